The Balaban J connectivity index is 1.41. The van der Waals surface area contributed by atoms with E-state index in [4.69, 9.17) is 4.74 Å². The molecule has 2 heterocycles. The maximum Gasteiger partial charge on any atom is 0.261 e. The van der Waals surface area contributed by atoms with Gasteiger partial charge in [-0.1, -0.05) is 48.5 Å². The lowest BCUT2D eigenvalue weighted by molar-refractivity contribution is 0.0743. The molecule has 0 aliphatic carbocycles. The number of para-hydroxylation sites is 1. The standard InChI is InChI=1S/C29H27FN4O2/c1-20-12-13-23(18-21(20)2)36-28-24(19-31-27(32-28)22-8-4-3-5-9-22)29(35)34-16-14-33(15-17-34)26-11-7-6-10-25(26)30/h3-13,18-19H,14-17H2,1-2H3. The minimum Gasteiger partial charge on any atom is -0.438 e. The van der Waals surface area contributed by atoms with Crippen molar-refractivity contribution in [1.29, 1.82) is 0 Å². The third-order valence-electron chi connectivity index (χ3n) is 6.47. The number of aromatic nitrogens is 2. The van der Waals surface area contributed by atoms with Crippen LogP contribution in [-0.4, -0.2) is 47.0 Å². The Morgan fingerprint density at radius 3 is 2.33 bits per heavy atom. The molecule has 6 nitrogen and oxygen atoms in total. The van der Waals surface area contributed by atoms with E-state index in [1.165, 1.54) is 12.3 Å². The zero-order valence-corrected chi connectivity index (χ0v) is 20.3. The van der Waals surface area contributed by atoms with Gasteiger partial charge >= 0.3 is 0 Å². The van der Waals surface area contributed by atoms with Gasteiger partial charge in [0.15, 0.2) is 5.82 Å². The smallest absolute Gasteiger partial charge is 0.261 e. The van der Waals surface area contributed by atoms with Crippen LogP contribution >= 0.6 is 0 Å². The first-order valence-corrected chi connectivity index (χ1v) is 12.0. The molecule has 36 heavy (non-hydrogen) atoms. The average molecular weight is 483 g/mol. The van der Waals surface area contributed by atoms with Gasteiger partial charge in [-0.2, -0.15) is 4.98 Å². The van der Waals surface area contributed by atoms with Crippen LogP contribution in [0, 0.1) is 19.7 Å². The zero-order valence-electron chi connectivity index (χ0n) is 20.3. The summed E-state index contributed by atoms with van der Waals surface area (Å²) in [4.78, 5) is 26.4. The zero-order chi connectivity index (χ0) is 25.1. The molecule has 0 atom stereocenters. The Bertz CT molecular complexity index is 1390. The Morgan fingerprint density at radius 1 is 0.889 bits per heavy atom. The highest BCUT2D eigenvalue weighted by atomic mass is 19.1. The van der Waals surface area contributed by atoms with Crippen LogP contribution in [0.5, 0.6) is 11.6 Å². The summed E-state index contributed by atoms with van der Waals surface area (Å²) >= 11 is 0. The summed E-state index contributed by atoms with van der Waals surface area (Å²) < 4.78 is 20.4. The van der Waals surface area contributed by atoms with Gasteiger partial charge in [0.25, 0.3) is 5.91 Å². The molecule has 0 saturated carbocycles. The van der Waals surface area contributed by atoms with Gasteiger partial charge in [-0.05, 0) is 49.2 Å². The molecular weight excluding hydrogens is 455 g/mol. The molecule has 7 heteroatoms. The summed E-state index contributed by atoms with van der Waals surface area (Å²) in [5, 5.41) is 0. The number of hydrogen-bond acceptors (Lipinski definition) is 5. The molecule has 4 aromatic rings. The second-order valence-corrected chi connectivity index (χ2v) is 8.86. The SMILES string of the molecule is Cc1ccc(Oc2nc(-c3ccccc3)ncc2C(=O)N2CCN(c3ccccc3F)CC2)cc1C. The Labute approximate surface area is 210 Å². The van der Waals surface area contributed by atoms with Crippen molar-refractivity contribution in [2.75, 3.05) is 31.1 Å². The first kappa shape index (κ1) is 23.5. The Hall–Kier alpha value is -4.26. The summed E-state index contributed by atoms with van der Waals surface area (Å²) in [6.07, 6.45) is 1.54. The van der Waals surface area contributed by atoms with Crippen molar-refractivity contribution in [3.8, 4) is 23.0 Å². The van der Waals surface area contributed by atoms with Crippen molar-refractivity contribution in [2.24, 2.45) is 0 Å². The molecule has 1 saturated heterocycles. The van der Waals surface area contributed by atoms with Gasteiger partial charge in [0.1, 0.15) is 17.1 Å². The molecule has 1 fully saturated rings. The lowest BCUT2D eigenvalue weighted by Crippen LogP contribution is -2.49. The normalized spacial score (nSPS) is 13.5. The topological polar surface area (TPSA) is 58.6 Å². The van der Waals surface area contributed by atoms with Gasteiger partial charge in [-0.3, -0.25) is 4.79 Å². The van der Waals surface area contributed by atoms with E-state index in [-0.39, 0.29) is 17.6 Å². The summed E-state index contributed by atoms with van der Waals surface area (Å²) in [7, 11) is 0. The highest BCUT2D eigenvalue weighted by Gasteiger charge is 2.27. The molecule has 0 unspecified atom stereocenters. The molecule has 0 spiro atoms. The lowest BCUT2D eigenvalue weighted by atomic mass is 10.1. The first-order valence-electron chi connectivity index (χ1n) is 12.0. The summed E-state index contributed by atoms with van der Waals surface area (Å²) in [6.45, 7) is 6.02. The van der Waals surface area contributed by atoms with Gasteiger partial charge in [0.05, 0.1) is 5.69 Å². The number of benzene rings is 3. The number of amides is 1. The maximum absolute atomic E-state index is 14.2. The molecule has 1 amide bonds. The van der Waals surface area contributed by atoms with E-state index in [2.05, 4.69) is 9.97 Å². The molecule has 3 aromatic carbocycles. The van der Waals surface area contributed by atoms with Crippen molar-refractivity contribution in [2.45, 2.75) is 13.8 Å². The van der Waals surface area contributed by atoms with E-state index in [0.29, 0.717) is 49.0 Å². The molecule has 0 radical (unpaired) electrons. The van der Waals surface area contributed by atoms with Crippen molar-refractivity contribution in [3.63, 3.8) is 0 Å². The van der Waals surface area contributed by atoms with E-state index in [1.807, 2.05) is 73.3 Å². The molecule has 1 aromatic heterocycles. The number of carbonyl (C=O) groups is 1. The largest absolute Gasteiger partial charge is 0.438 e. The molecule has 0 bridgehead atoms. The molecular formula is C29H27FN4O2. The van der Waals surface area contributed by atoms with Crippen LogP contribution < -0.4 is 9.64 Å². The summed E-state index contributed by atoms with van der Waals surface area (Å²) in [6, 6.07) is 22.1. The van der Waals surface area contributed by atoms with Crippen molar-refractivity contribution in [1.82, 2.24) is 14.9 Å². The van der Waals surface area contributed by atoms with Crippen LogP contribution in [0.1, 0.15) is 21.5 Å². The van der Waals surface area contributed by atoms with E-state index < -0.39 is 0 Å². The van der Waals surface area contributed by atoms with E-state index in [1.54, 1.807) is 17.0 Å². The quantitative estimate of drug-likeness (QED) is 0.368. The number of aryl methyl sites for hydroxylation is 2. The fourth-order valence-corrected chi connectivity index (χ4v) is 4.23. The maximum atomic E-state index is 14.2. The first-order chi connectivity index (χ1) is 17.5. The van der Waals surface area contributed by atoms with Crippen LogP contribution in [0.15, 0.2) is 79.0 Å². The van der Waals surface area contributed by atoms with Gasteiger partial charge in [0.2, 0.25) is 5.88 Å². The van der Waals surface area contributed by atoms with Crippen LogP contribution in [0.4, 0.5) is 10.1 Å². The minimum absolute atomic E-state index is 0.207. The predicted octanol–water partition coefficient (Wildman–Crippen LogP) is 5.65. The van der Waals surface area contributed by atoms with Crippen LogP contribution in [0.2, 0.25) is 0 Å². The van der Waals surface area contributed by atoms with Crippen molar-refractivity contribution < 1.29 is 13.9 Å². The number of hydrogen-bond donors (Lipinski definition) is 0. The van der Waals surface area contributed by atoms with Gasteiger partial charge in [-0.25, -0.2) is 9.37 Å². The summed E-state index contributed by atoms with van der Waals surface area (Å²) in [5.74, 6) is 0.839. The van der Waals surface area contributed by atoms with E-state index >= 15 is 0 Å². The molecule has 0 N–H and O–H groups in total. The Kier molecular flexibility index (Phi) is 6.62. The number of halogens is 1. The molecule has 182 valence electrons. The Morgan fingerprint density at radius 2 is 1.61 bits per heavy atom. The highest BCUT2D eigenvalue weighted by Crippen LogP contribution is 2.29. The number of ether oxygens (including phenoxy) is 1. The number of piperazine rings is 1. The van der Waals surface area contributed by atoms with Gasteiger partial charge in [-0.15, -0.1) is 0 Å². The summed E-state index contributed by atoms with van der Waals surface area (Å²) in [5.41, 5.74) is 3.92. The fourth-order valence-electron chi connectivity index (χ4n) is 4.23. The lowest BCUT2D eigenvalue weighted by Gasteiger charge is -2.36. The van der Waals surface area contributed by atoms with Gasteiger partial charge in [0, 0.05) is 37.9 Å². The van der Waals surface area contributed by atoms with Crippen LogP contribution in [0.3, 0.4) is 0 Å². The average Bonchev–Trinajstić information content (AvgIpc) is 2.91. The van der Waals surface area contributed by atoms with Gasteiger partial charge < -0.3 is 14.5 Å². The number of carbonyl (C=O) groups excluding carboxylic acids is 1. The number of anilines is 1. The highest BCUT2D eigenvalue weighted by molar-refractivity contribution is 5.96. The molecule has 1 aliphatic heterocycles. The van der Waals surface area contributed by atoms with E-state index in [9.17, 15) is 9.18 Å². The third-order valence-corrected chi connectivity index (χ3v) is 6.47. The molecule has 5 rings (SSSR count). The predicted molar refractivity (Wildman–Crippen MR) is 138 cm³/mol. The minimum atomic E-state index is -0.258. The monoisotopic (exact) mass is 482 g/mol. The van der Waals surface area contributed by atoms with E-state index in [0.717, 1.165) is 16.7 Å². The second-order valence-electron chi connectivity index (χ2n) is 8.86. The van der Waals surface area contributed by atoms with Crippen LogP contribution in [0.25, 0.3) is 11.4 Å². The fraction of sp³-hybridized carbons (Fsp3) is 0.207. The van der Waals surface area contributed by atoms with Crippen molar-refractivity contribution >= 4 is 11.6 Å². The number of rotatable bonds is 5. The van der Waals surface area contributed by atoms with Crippen molar-refractivity contribution in [3.05, 3.63) is 102 Å². The second kappa shape index (κ2) is 10.2. The van der Waals surface area contributed by atoms with Crippen LogP contribution in [-0.2, 0) is 0 Å². The number of nitrogens with zero attached hydrogens (tertiary/aromatic N) is 4. The third kappa shape index (κ3) is 4.91. The molecule has 1 aliphatic rings.